The molecule has 0 aliphatic rings. The summed E-state index contributed by atoms with van der Waals surface area (Å²) in [4.78, 5) is 6.06. The first-order valence-electron chi connectivity index (χ1n) is 6.28. The van der Waals surface area contributed by atoms with Crippen molar-refractivity contribution in [3.8, 4) is 0 Å². The molecule has 1 rings (SSSR count). The zero-order chi connectivity index (χ0) is 14.5. The van der Waals surface area contributed by atoms with Crippen LogP contribution < -0.4 is 5.32 Å². The molecule has 0 aromatic carbocycles. The van der Waals surface area contributed by atoms with Crippen LogP contribution in [0.4, 0.5) is 19.0 Å². The monoisotopic (exact) mass is 275 g/mol. The summed E-state index contributed by atoms with van der Waals surface area (Å²) in [6.07, 6.45) is -2.30. The molecule has 0 radical (unpaired) electrons. The molecule has 19 heavy (non-hydrogen) atoms. The van der Waals surface area contributed by atoms with E-state index in [1.165, 1.54) is 6.20 Å². The van der Waals surface area contributed by atoms with Crippen LogP contribution in [0.25, 0.3) is 0 Å². The highest BCUT2D eigenvalue weighted by Gasteiger charge is 2.30. The molecule has 0 saturated carbocycles. The Morgan fingerprint density at radius 2 is 2.05 bits per heavy atom. The second kappa shape index (κ2) is 6.75. The van der Waals surface area contributed by atoms with Gasteiger partial charge in [0.05, 0.1) is 5.56 Å². The first-order valence-corrected chi connectivity index (χ1v) is 6.28. The summed E-state index contributed by atoms with van der Waals surface area (Å²) >= 11 is 0. The summed E-state index contributed by atoms with van der Waals surface area (Å²) < 4.78 is 37.5. The third kappa shape index (κ3) is 5.46. The summed E-state index contributed by atoms with van der Waals surface area (Å²) in [7, 11) is 2.02. The standard InChI is InChI=1S/C13H20F3N3/c1-10(2)19(3)8-4-6-17-12-9-11(5-7-18-12)13(14,15)16/h5,7,9-10H,4,6,8H2,1-3H3,(H,17,18). The van der Waals surface area contributed by atoms with Crippen LogP contribution in [-0.2, 0) is 6.18 Å². The van der Waals surface area contributed by atoms with Gasteiger partial charge in [-0.2, -0.15) is 13.2 Å². The minimum Gasteiger partial charge on any atom is -0.370 e. The average Bonchev–Trinajstić information content (AvgIpc) is 2.33. The topological polar surface area (TPSA) is 28.2 Å². The van der Waals surface area contributed by atoms with Gasteiger partial charge in [-0.05, 0) is 46.0 Å². The maximum atomic E-state index is 12.5. The van der Waals surface area contributed by atoms with Gasteiger partial charge < -0.3 is 10.2 Å². The summed E-state index contributed by atoms with van der Waals surface area (Å²) in [6.45, 7) is 5.69. The van der Waals surface area contributed by atoms with Crippen molar-refractivity contribution >= 4 is 5.82 Å². The van der Waals surface area contributed by atoms with Gasteiger partial charge >= 0.3 is 6.18 Å². The molecule has 1 N–H and O–H groups in total. The van der Waals surface area contributed by atoms with Crippen LogP contribution in [0.2, 0.25) is 0 Å². The molecule has 0 saturated heterocycles. The number of hydrogen-bond acceptors (Lipinski definition) is 3. The molecule has 108 valence electrons. The number of pyridine rings is 1. The van der Waals surface area contributed by atoms with E-state index in [4.69, 9.17) is 0 Å². The zero-order valence-corrected chi connectivity index (χ0v) is 11.5. The SMILES string of the molecule is CC(C)N(C)CCCNc1cc(C(F)(F)F)ccn1. The van der Waals surface area contributed by atoms with E-state index in [-0.39, 0.29) is 5.82 Å². The highest BCUT2D eigenvalue weighted by Crippen LogP contribution is 2.29. The summed E-state index contributed by atoms with van der Waals surface area (Å²) in [5, 5.41) is 2.91. The fourth-order valence-corrected chi connectivity index (χ4v) is 1.51. The highest BCUT2D eigenvalue weighted by molar-refractivity contribution is 5.38. The molecule has 0 fully saturated rings. The van der Waals surface area contributed by atoms with E-state index in [2.05, 4.69) is 29.0 Å². The molecule has 0 spiro atoms. The lowest BCUT2D eigenvalue weighted by Crippen LogP contribution is -2.28. The van der Waals surface area contributed by atoms with Crippen molar-refractivity contribution in [2.45, 2.75) is 32.5 Å². The Morgan fingerprint density at radius 1 is 1.37 bits per heavy atom. The second-order valence-electron chi connectivity index (χ2n) is 4.78. The van der Waals surface area contributed by atoms with Crippen molar-refractivity contribution in [1.82, 2.24) is 9.88 Å². The van der Waals surface area contributed by atoms with E-state index >= 15 is 0 Å². The van der Waals surface area contributed by atoms with E-state index in [0.29, 0.717) is 12.6 Å². The maximum absolute atomic E-state index is 12.5. The molecule has 0 unspecified atom stereocenters. The smallest absolute Gasteiger partial charge is 0.370 e. The predicted molar refractivity (Wildman–Crippen MR) is 70.1 cm³/mol. The number of aromatic nitrogens is 1. The van der Waals surface area contributed by atoms with Crippen molar-refractivity contribution in [3.05, 3.63) is 23.9 Å². The fourth-order valence-electron chi connectivity index (χ4n) is 1.51. The molecule has 0 aliphatic heterocycles. The van der Waals surface area contributed by atoms with Crippen LogP contribution in [0.5, 0.6) is 0 Å². The van der Waals surface area contributed by atoms with Gasteiger partial charge in [0, 0.05) is 18.8 Å². The van der Waals surface area contributed by atoms with Gasteiger partial charge in [-0.15, -0.1) is 0 Å². The van der Waals surface area contributed by atoms with Crippen molar-refractivity contribution in [1.29, 1.82) is 0 Å². The molecule has 1 heterocycles. The van der Waals surface area contributed by atoms with Crippen LogP contribution in [0.15, 0.2) is 18.3 Å². The molecule has 6 heteroatoms. The lowest BCUT2D eigenvalue weighted by atomic mass is 10.2. The van der Waals surface area contributed by atoms with Gasteiger partial charge in [0.2, 0.25) is 0 Å². The van der Waals surface area contributed by atoms with Gasteiger partial charge in [-0.25, -0.2) is 4.98 Å². The van der Waals surface area contributed by atoms with Gasteiger partial charge in [-0.1, -0.05) is 0 Å². The molecule has 0 aliphatic carbocycles. The first-order chi connectivity index (χ1) is 8.80. The lowest BCUT2D eigenvalue weighted by Gasteiger charge is -2.20. The number of halogens is 3. The van der Waals surface area contributed by atoms with E-state index in [1.807, 2.05) is 7.05 Å². The van der Waals surface area contributed by atoms with Crippen LogP contribution in [0.1, 0.15) is 25.8 Å². The number of hydrogen-bond donors (Lipinski definition) is 1. The number of alkyl halides is 3. The zero-order valence-electron chi connectivity index (χ0n) is 11.5. The Morgan fingerprint density at radius 3 is 2.63 bits per heavy atom. The van der Waals surface area contributed by atoms with Crippen molar-refractivity contribution in [2.24, 2.45) is 0 Å². The largest absolute Gasteiger partial charge is 0.416 e. The molecular weight excluding hydrogens is 255 g/mol. The van der Waals surface area contributed by atoms with E-state index < -0.39 is 11.7 Å². The average molecular weight is 275 g/mol. The molecule has 0 atom stereocenters. The van der Waals surface area contributed by atoms with Gasteiger partial charge in [0.1, 0.15) is 5.82 Å². The Bertz CT molecular complexity index is 391. The van der Waals surface area contributed by atoms with E-state index in [0.717, 1.165) is 25.1 Å². The second-order valence-corrected chi connectivity index (χ2v) is 4.78. The number of nitrogens with one attached hydrogen (secondary N) is 1. The van der Waals surface area contributed by atoms with Crippen molar-refractivity contribution < 1.29 is 13.2 Å². The Kier molecular flexibility index (Phi) is 5.60. The van der Waals surface area contributed by atoms with Crippen molar-refractivity contribution in [3.63, 3.8) is 0 Å². The minimum atomic E-state index is -4.32. The Labute approximate surface area is 111 Å². The fraction of sp³-hybridized carbons (Fsp3) is 0.615. The summed E-state index contributed by atoms with van der Waals surface area (Å²) in [6, 6.07) is 2.47. The molecular formula is C13H20F3N3. The normalized spacial score (nSPS) is 12.2. The molecule has 1 aromatic heterocycles. The van der Waals surface area contributed by atoms with Crippen LogP contribution in [0, 0.1) is 0 Å². The lowest BCUT2D eigenvalue weighted by molar-refractivity contribution is -0.137. The van der Waals surface area contributed by atoms with Gasteiger partial charge in [0.15, 0.2) is 0 Å². The maximum Gasteiger partial charge on any atom is 0.416 e. The Hall–Kier alpha value is -1.30. The minimum absolute atomic E-state index is 0.266. The molecule has 3 nitrogen and oxygen atoms in total. The molecule has 1 aromatic rings. The van der Waals surface area contributed by atoms with Crippen LogP contribution >= 0.6 is 0 Å². The molecule has 0 amide bonds. The predicted octanol–water partition coefficient (Wildman–Crippen LogP) is 3.24. The number of rotatable bonds is 6. The first kappa shape index (κ1) is 15.8. The van der Waals surface area contributed by atoms with E-state index in [1.54, 1.807) is 0 Å². The third-order valence-electron chi connectivity index (χ3n) is 2.96. The van der Waals surface area contributed by atoms with Gasteiger partial charge in [-0.3, -0.25) is 0 Å². The van der Waals surface area contributed by atoms with E-state index in [9.17, 15) is 13.2 Å². The van der Waals surface area contributed by atoms with Crippen LogP contribution in [0.3, 0.4) is 0 Å². The quantitative estimate of drug-likeness (QED) is 0.808. The summed E-state index contributed by atoms with van der Waals surface area (Å²) in [5.41, 5.74) is -0.677. The Balaban J connectivity index is 2.42. The molecule has 0 bridgehead atoms. The summed E-state index contributed by atoms with van der Waals surface area (Å²) in [5.74, 6) is 0.266. The number of nitrogens with zero attached hydrogens (tertiary/aromatic N) is 2. The highest BCUT2D eigenvalue weighted by atomic mass is 19.4. The number of anilines is 1. The van der Waals surface area contributed by atoms with Crippen molar-refractivity contribution in [2.75, 3.05) is 25.5 Å². The van der Waals surface area contributed by atoms with Crippen LogP contribution in [-0.4, -0.2) is 36.1 Å². The third-order valence-corrected chi connectivity index (χ3v) is 2.96. The van der Waals surface area contributed by atoms with Gasteiger partial charge in [0.25, 0.3) is 0 Å².